The molecule has 1 heteroatoms. The SMILES string of the molecule is CCCC(C)CCC.N. The first-order valence-corrected chi connectivity index (χ1v) is 3.81. The quantitative estimate of drug-likeness (QED) is 0.623. The van der Waals surface area contributed by atoms with Crippen LogP contribution in [0.15, 0.2) is 0 Å². The molecule has 0 aromatic rings. The van der Waals surface area contributed by atoms with E-state index in [1.54, 1.807) is 0 Å². The van der Waals surface area contributed by atoms with Crippen molar-refractivity contribution in [2.45, 2.75) is 46.5 Å². The fraction of sp³-hybridized carbons (Fsp3) is 1.00. The fourth-order valence-corrected chi connectivity index (χ4v) is 1.13. The van der Waals surface area contributed by atoms with E-state index in [-0.39, 0.29) is 6.15 Å². The van der Waals surface area contributed by atoms with Gasteiger partial charge in [-0.3, -0.25) is 0 Å². The van der Waals surface area contributed by atoms with E-state index >= 15 is 0 Å². The molecule has 0 spiro atoms. The van der Waals surface area contributed by atoms with Gasteiger partial charge in [0.15, 0.2) is 0 Å². The standard InChI is InChI=1S/C8H18.H3N/c1-4-6-8(3)7-5-2;/h8H,4-7H2,1-3H3;1H3. The van der Waals surface area contributed by atoms with E-state index in [0.717, 1.165) is 5.92 Å². The maximum absolute atomic E-state index is 2.34. The van der Waals surface area contributed by atoms with Gasteiger partial charge < -0.3 is 6.15 Å². The van der Waals surface area contributed by atoms with Gasteiger partial charge in [0.05, 0.1) is 0 Å². The first kappa shape index (κ1) is 11.7. The molecule has 9 heavy (non-hydrogen) atoms. The minimum absolute atomic E-state index is 0. The largest absolute Gasteiger partial charge is 0.344 e. The van der Waals surface area contributed by atoms with Gasteiger partial charge in [-0.1, -0.05) is 46.5 Å². The zero-order chi connectivity index (χ0) is 6.41. The summed E-state index contributed by atoms with van der Waals surface area (Å²) in [4.78, 5) is 0. The first-order chi connectivity index (χ1) is 3.81. The zero-order valence-corrected chi connectivity index (χ0v) is 7.11. The summed E-state index contributed by atoms with van der Waals surface area (Å²) in [6.07, 6.45) is 5.52. The van der Waals surface area contributed by atoms with Gasteiger partial charge in [-0.15, -0.1) is 0 Å². The first-order valence-electron chi connectivity index (χ1n) is 3.81. The molecule has 0 aromatic heterocycles. The monoisotopic (exact) mass is 131 g/mol. The summed E-state index contributed by atoms with van der Waals surface area (Å²) in [6, 6.07) is 0. The number of rotatable bonds is 4. The second kappa shape index (κ2) is 7.96. The molecule has 0 aliphatic carbocycles. The normalized spacial score (nSPS) is 9.33. The molecule has 0 atom stereocenters. The van der Waals surface area contributed by atoms with Gasteiger partial charge >= 0.3 is 0 Å². The smallest absolute Gasteiger partial charge is 0.0443 e. The summed E-state index contributed by atoms with van der Waals surface area (Å²) in [6.45, 7) is 6.85. The van der Waals surface area contributed by atoms with E-state index in [1.165, 1.54) is 25.7 Å². The molecule has 0 aliphatic rings. The average molecular weight is 131 g/mol. The van der Waals surface area contributed by atoms with Crippen molar-refractivity contribution in [3.63, 3.8) is 0 Å². The van der Waals surface area contributed by atoms with Gasteiger partial charge in [0, 0.05) is 0 Å². The molecule has 0 bridgehead atoms. The van der Waals surface area contributed by atoms with Crippen molar-refractivity contribution in [2.75, 3.05) is 0 Å². The van der Waals surface area contributed by atoms with Crippen LogP contribution in [0.5, 0.6) is 0 Å². The average Bonchev–Trinajstić information content (AvgIpc) is 1.68. The predicted octanol–water partition coefficient (Wildman–Crippen LogP) is 3.38. The van der Waals surface area contributed by atoms with Gasteiger partial charge in [0.25, 0.3) is 0 Å². The summed E-state index contributed by atoms with van der Waals surface area (Å²) >= 11 is 0. The van der Waals surface area contributed by atoms with Crippen molar-refractivity contribution in [2.24, 2.45) is 5.92 Å². The molecule has 58 valence electrons. The minimum atomic E-state index is 0. The van der Waals surface area contributed by atoms with Crippen molar-refractivity contribution >= 4 is 0 Å². The van der Waals surface area contributed by atoms with Crippen LogP contribution in [0.25, 0.3) is 0 Å². The molecule has 0 radical (unpaired) electrons. The van der Waals surface area contributed by atoms with Crippen LogP contribution in [0.1, 0.15) is 46.5 Å². The lowest BCUT2D eigenvalue weighted by Crippen LogP contribution is -1.91. The number of hydrogen-bond acceptors (Lipinski definition) is 1. The van der Waals surface area contributed by atoms with Crippen molar-refractivity contribution in [1.29, 1.82) is 0 Å². The third-order valence-electron chi connectivity index (χ3n) is 1.56. The van der Waals surface area contributed by atoms with E-state index in [0.29, 0.717) is 0 Å². The summed E-state index contributed by atoms with van der Waals surface area (Å²) in [5, 5.41) is 0. The molecule has 0 saturated heterocycles. The van der Waals surface area contributed by atoms with Crippen LogP contribution >= 0.6 is 0 Å². The van der Waals surface area contributed by atoms with Gasteiger partial charge in [-0.2, -0.15) is 0 Å². The highest BCUT2D eigenvalue weighted by Gasteiger charge is 1.95. The van der Waals surface area contributed by atoms with Crippen molar-refractivity contribution in [1.82, 2.24) is 6.15 Å². The lowest BCUT2D eigenvalue weighted by Gasteiger charge is -2.05. The molecule has 0 heterocycles. The highest BCUT2D eigenvalue weighted by atomic mass is 14.0. The molecule has 0 fully saturated rings. The topological polar surface area (TPSA) is 35.0 Å². The Balaban J connectivity index is 0. The molecule has 1 nitrogen and oxygen atoms in total. The van der Waals surface area contributed by atoms with Crippen LogP contribution in [-0.4, -0.2) is 0 Å². The van der Waals surface area contributed by atoms with Crippen LogP contribution in [0.3, 0.4) is 0 Å². The second-order valence-corrected chi connectivity index (χ2v) is 2.68. The molecule has 0 saturated carbocycles. The third kappa shape index (κ3) is 7.96. The molecule has 0 rings (SSSR count). The third-order valence-corrected chi connectivity index (χ3v) is 1.56. The second-order valence-electron chi connectivity index (χ2n) is 2.68. The van der Waals surface area contributed by atoms with E-state index in [9.17, 15) is 0 Å². The Morgan fingerprint density at radius 1 is 1.00 bits per heavy atom. The van der Waals surface area contributed by atoms with Crippen LogP contribution < -0.4 is 6.15 Å². The number of hydrogen-bond donors (Lipinski definition) is 1. The van der Waals surface area contributed by atoms with E-state index in [4.69, 9.17) is 0 Å². The Morgan fingerprint density at radius 3 is 1.56 bits per heavy atom. The maximum atomic E-state index is 2.34. The van der Waals surface area contributed by atoms with Gasteiger partial charge in [-0.25, -0.2) is 0 Å². The molecule has 0 aromatic carbocycles. The highest BCUT2D eigenvalue weighted by molar-refractivity contribution is 4.48. The van der Waals surface area contributed by atoms with E-state index in [2.05, 4.69) is 20.8 Å². The molecule has 3 N–H and O–H groups in total. The van der Waals surface area contributed by atoms with Crippen molar-refractivity contribution in [3.05, 3.63) is 0 Å². The Labute approximate surface area is 59.4 Å². The maximum Gasteiger partial charge on any atom is -0.0443 e. The molecule has 0 unspecified atom stereocenters. The van der Waals surface area contributed by atoms with Crippen LogP contribution in [-0.2, 0) is 0 Å². The van der Waals surface area contributed by atoms with Crippen LogP contribution in [0.2, 0.25) is 0 Å². The van der Waals surface area contributed by atoms with Crippen molar-refractivity contribution < 1.29 is 0 Å². The van der Waals surface area contributed by atoms with Gasteiger partial charge in [-0.05, 0) is 5.92 Å². The summed E-state index contributed by atoms with van der Waals surface area (Å²) < 4.78 is 0. The van der Waals surface area contributed by atoms with Gasteiger partial charge in [0.1, 0.15) is 0 Å². The Hall–Kier alpha value is -0.0400. The van der Waals surface area contributed by atoms with Crippen molar-refractivity contribution in [3.8, 4) is 0 Å². The molecular formula is C8H21N. The summed E-state index contributed by atoms with van der Waals surface area (Å²) in [5.41, 5.74) is 0. The molecular weight excluding hydrogens is 110 g/mol. The summed E-state index contributed by atoms with van der Waals surface area (Å²) in [5.74, 6) is 0.963. The van der Waals surface area contributed by atoms with E-state index < -0.39 is 0 Å². The summed E-state index contributed by atoms with van der Waals surface area (Å²) in [7, 11) is 0. The fourth-order valence-electron chi connectivity index (χ4n) is 1.13. The van der Waals surface area contributed by atoms with Crippen LogP contribution in [0.4, 0.5) is 0 Å². The lowest BCUT2D eigenvalue weighted by atomic mass is 10.0. The Morgan fingerprint density at radius 2 is 1.33 bits per heavy atom. The van der Waals surface area contributed by atoms with E-state index in [1.807, 2.05) is 0 Å². The predicted molar refractivity (Wildman–Crippen MR) is 44.0 cm³/mol. The zero-order valence-electron chi connectivity index (χ0n) is 7.11. The molecule has 0 amide bonds. The molecule has 0 aliphatic heterocycles. The highest BCUT2D eigenvalue weighted by Crippen LogP contribution is 2.10. The van der Waals surface area contributed by atoms with Gasteiger partial charge in [0.2, 0.25) is 0 Å². The Bertz CT molecular complexity index is 37.8. The van der Waals surface area contributed by atoms with Crippen LogP contribution in [0, 0.1) is 5.92 Å². The lowest BCUT2D eigenvalue weighted by molar-refractivity contribution is 0.480. The Kier molecular flexibility index (Phi) is 10.4. The minimum Gasteiger partial charge on any atom is -0.344 e.